The van der Waals surface area contributed by atoms with E-state index >= 15 is 0 Å². The zero-order chi connectivity index (χ0) is 32.5. The first-order chi connectivity index (χ1) is 22.3. The van der Waals surface area contributed by atoms with Gasteiger partial charge in [0.15, 0.2) is 11.5 Å². The number of fused-ring (bicyclic) bond motifs is 1. The van der Waals surface area contributed by atoms with E-state index in [2.05, 4.69) is 5.32 Å². The van der Waals surface area contributed by atoms with Gasteiger partial charge in [-0.15, -0.1) is 0 Å². The van der Waals surface area contributed by atoms with Crippen molar-refractivity contribution in [3.8, 4) is 11.5 Å². The Bertz CT molecular complexity index is 1750. The minimum absolute atomic E-state index is 0.0319. The van der Waals surface area contributed by atoms with Gasteiger partial charge >= 0.3 is 0 Å². The highest BCUT2D eigenvalue weighted by Crippen LogP contribution is 2.36. The van der Waals surface area contributed by atoms with E-state index in [-0.39, 0.29) is 29.5 Å². The first-order valence-corrected chi connectivity index (χ1v) is 16.8. The summed E-state index contributed by atoms with van der Waals surface area (Å²) in [7, 11) is -4.22. The largest absolute Gasteiger partial charge is 0.486 e. The monoisotopic (exact) mass is 641 g/mol. The molecule has 0 bridgehead atoms. The highest BCUT2D eigenvalue weighted by Gasteiger charge is 2.35. The van der Waals surface area contributed by atoms with Gasteiger partial charge in [0.05, 0.1) is 10.6 Å². The van der Waals surface area contributed by atoms with Crippen LogP contribution in [0, 0.1) is 6.92 Å². The van der Waals surface area contributed by atoms with Crippen molar-refractivity contribution >= 4 is 27.5 Å². The van der Waals surface area contributed by atoms with Gasteiger partial charge in [-0.05, 0) is 48.7 Å². The number of ether oxygens (including phenoxy) is 2. The van der Waals surface area contributed by atoms with Gasteiger partial charge in [-0.3, -0.25) is 13.9 Å². The number of aryl methyl sites for hydroxylation is 1. The molecule has 0 aliphatic carbocycles. The van der Waals surface area contributed by atoms with Gasteiger partial charge in [0.1, 0.15) is 25.8 Å². The molecule has 1 aliphatic heterocycles. The molecule has 4 aromatic rings. The highest BCUT2D eigenvalue weighted by molar-refractivity contribution is 7.92. The first-order valence-electron chi connectivity index (χ1n) is 15.4. The smallest absolute Gasteiger partial charge is 0.264 e. The predicted octanol–water partition coefficient (Wildman–Crippen LogP) is 5.13. The third-order valence-corrected chi connectivity index (χ3v) is 9.47. The van der Waals surface area contributed by atoms with Crippen LogP contribution in [0.25, 0.3) is 0 Å². The fourth-order valence-electron chi connectivity index (χ4n) is 5.36. The fraction of sp³-hybridized carbons (Fsp3) is 0.278. The topological polar surface area (TPSA) is 105 Å². The lowest BCUT2D eigenvalue weighted by atomic mass is 10.0. The molecule has 1 atom stereocenters. The van der Waals surface area contributed by atoms with Crippen molar-refractivity contribution in [1.29, 1.82) is 0 Å². The lowest BCUT2D eigenvalue weighted by Gasteiger charge is -2.34. The Balaban J connectivity index is 1.58. The maximum absolute atomic E-state index is 14.6. The molecule has 0 radical (unpaired) electrons. The molecule has 0 fully saturated rings. The number of anilines is 1. The summed E-state index contributed by atoms with van der Waals surface area (Å²) >= 11 is 0. The number of hydrogen-bond acceptors (Lipinski definition) is 6. The minimum atomic E-state index is -4.22. The van der Waals surface area contributed by atoms with E-state index in [0.717, 1.165) is 27.4 Å². The van der Waals surface area contributed by atoms with Crippen LogP contribution in [0.2, 0.25) is 0 Å². The number of amides is 2. The van der Waals surface area contributed by atoms with Gasteiger partial charge in [-0.1, -0.05) is 85.3 Å². The van der Waals surface area contributed by atoms with Crippen molar-refractivity contribution in [2.45, 2.75) is 44.2 Å². The van der Waals surface area contributed by atoms with E-state index in [4.69, 9.17) is 9.47 Å². The Kier molecular flexibility index (Phi) is 10.6. The first kappa shape index (κ1) is 32.6. The van der Waals surface area contributed by atoms with Crippen LogP contribution in [0.1, 0.15) is 30.0 Å². The van der Waals surface area contributed by atoms with Crippen LogP contribution in [0.5, 0.6) is 11.5 Å². The van der Waals surface area contributed by atoms with Crippen LogP contribution in [0.3, 0.4) is 0 Å². The second-order valence-corrected chi connectivity index (χ2v) is 13.0. The predicted molar refractivity (Wildman–Crippen MR) is 177 cm³/mol. The number of nitrogens with zero attached hydrogens (tertiary/aromatic N) is 2. The zero-order valence-corrected chi connectivity index (χ0v) is 26.9. The molecular weight excluding hydrogens is 602 g/mol. The van der Waals surface area contributed by atoms with E-state index in [0.29, 0.717) is 31.3 Å². The summed E-state index contributed by atoms with van der Waals surface area (Å²) < 4.78 is 40.9. The minimum Gasteiger partial charge on any atom is -0.486 e. The Morgan fingerprint density at radius 3 is 2.20 bits per heavy atom. The third-order valence-electron chi connectivity index (χ3n) is 7.68. The second-order valence-electron chi connectivity index (χ2n) is 11.2. The SMILES string of the molecule is CCCNC(=O)[C@@H](Cc1ccccc1)N(Cc1cccc(C)c1)C(=O)CN(c1ccc2c(c1)OCCO2)S(=O)(=O)c1ccccc1. The molecule has 0 saturated carbocycles. The van der Waals surface area contributed by atoms with Gasteiger partial charge in [0.25, 0.3) is 10.0 Å². The molecule has 0 unspecified atom stereocenters. The third kappa shape index (κ3) is 7.87. The Hall–Kier alpha value is -4.83. The van der Waals surface area contributed by atoms with Crippen LogP contribution >= 0.6 is 0 Å². The lowest BCUT2D eigenvalue weighted by Crippen LogP contribution is -2.53. The number of carbonyl (C=O) groups is 2. The molecule has 5 rings (SSSR count). The second kappa shape index (κ2) is 15.0. The number of hydrogen-bond donors (Lipinski definition) is 1. The number of rotatable bonds is 13. The van der Waals surface area contributed by atoms with Crippen molar-refractivity contribution in [2.75, 3.05) is 30.6 Å². The Morgan fingerprint density at radius 1 is 0.826 bits per heavy atom. The summed E-state index contributed by atoms with van der Waals surface area (Å²) in [5.74, 6) is 0.0592. The van der Waals surface area contributed by atoms with Crippen molar-refractivity contribution in [2.24, 2.45) is 0 Å². The van der Waals surface area contributed by atoms with Gasteiger partial charge in [0, 0.05) is 25.6 Å². The van der Waals surface area contributed by atoms with Crippen molar-refractivity contribution < 1.29 is 27.5 Å². The maximum Gasteiger partial charge on any atom is 0.264 e. The van der Waals surface area contributed by atoms with E-state index < -0.39 is 28.5 Å². The molecule has 4 aromatic carbocycles. The Labute approximate surface area is 270 Å². The highest BCUT2D eigenvalue weighted by atomic mass is 32.2. The van der Waals surface area contributed by atoms with Gasteiger partial charge in [-0.2, -0.15) is 0 Å². The van der Waals surface area contributed by atoms with Crippen molar-refractivity contribution in [3.05, 3.63) is 120 Å². The normalized spacial score (nSPS) is 13.0. The van der Waals surface area contributed by atoms with E-state index in [1.54, 1.807) is 36.4 Å². The summed E-state index contributed by atoms with van der Waals surface area (Å²) in [6.07, 6.45) is 0.978. The average molecular weight is 642 g/mol. The molecule has 240 valence electrons. The quantitative estimate of drug-likeness (QED) is 0.217. The van der Waals surface area contributed by atoms with Crippen LogP contribution < -0.4 is 19.1 Å². The van der Waals surface area contributed by atoms with Crippen LogP contribution in [0.15, 0.2) is 108 Å². The van der Waals surface area contributed by atoms with E-state index in [9.17, 15) is 18.0 Å². The molecule has 46 heavy (non-hydrogen) atoms. The lowest BCUT2D eigenvalue weighted by molar-refractivity contribution is -0.140. The summed E-state index contributed by atoms with van der Waals surface area (Å²) in [4.78, 5) is 29.9. The summed E-state index contributed by atoms with van der Waals surface area (Å²) in [5.41, 5.74) is 2.95. The number of benzene rings is 4. The van der Waals surface area contributed by atoms with Gasteiger partial charge < -0.3 is 19.7 Å². The maximum atomic E-state index is 14.6. The summed E-state index contributed by atoms with van der Waals surface area (Å²) in [5, 5.41) is 2.97. The fourth-order valence-corrected chi connectivity index (χ4v) is 6.79. The molecular formula is C36H39N3O6S. The van der Waals surface area contributed by atoms with Gasteiger partial charge in [-0.25, -0.2) is 8.42 Å². The molecule has 0 spiro atoms. The molecule has 1 heterocycles. The van der Waals surface area contributed by atoms with Crippen LogP contribution in [0.4, 0.5) is 5.69 Å². The molecule has 1 N–H and O–H groups in total. The van der Waals surface area contributed by atoms with E-state index in [1.165, 1.54) is 17.0 Å². The molecule has 2 amide bonds. The van der Waals surface area contributed by atoms with Gasteiger partial charge in [0.2, 0.25) is 11.8 Å². The van der Waals surface area contributed by atoms with Crippen molar-refractivity contribution in [1.82, 2.24) is 10.2 Å². The van der Waals surface area contributed by atoms with Crippen molar-refractivity contribution in [3.63, 3.8) is 0 Å². The molecule has 10 heteroatoms. The summed E-state index contributed by atoms with van der Waals surface area (Å²) in [6.45, 7) is 4.63. The standard InChI is InChI=1S/C36H39N3O6S/c1-3-19-37-36(41)32(23-28-12-6-4-7-13-28)38(25-29-14-10-11-27(2)22-29)35(40)26-39(46(42,43)31-15-8-5-9-16-31)30-17-18-33-34(24-30)45-21-20-44-33/h4-18,22,24,32H,3,19-21,23,25-26H2,1-2H3,(H,37,41)/t32-/m1/s1. The number of nitrogens with one attached hydrogen (secondary N) is 1. The molecule has 1 aliphatic rings. The van der Waals surface area contributed by atoms with Crippen LogP contribution in [-0.4, -0.2) is 57.5 Å². The molecule has 0 aromatic heterocycles. The Morgan fingerprint density at radius 2 is 1.50 bits per heavy atom. The summed E-state index contributed by atoms with van der Waals surface area (Å²) in [6, 6.07) is 29.1. The van der Waals surface area contributed by atoms with Crippen LogP contribution in [-0.2, 0) is 32.6 Å². The molecule has 9 nitrogen and oxygen atoms in total. The number of carbonyl (C=O) groups excluding carboxylic acids is 2. The zero-order valence-electron chi connectivity index (χ0n) is 26.1. The average Bonchev–Trinajstić information content (AvgIpc) is 3.08. The number of sulfonamides is 1. The van der Waals surface area contributed by atoms with E-state index in [1.807, 2.05) is 68.4 Å². The molecule has 0 saturated heterocycles.